The van der Waals surface area contributed by atoms with E-state index in [1.807, 2.05) is 10.3 Å². The fourth-order valence-corrected chi connectivity index (χ4v) is 3.32. The van der Waals surface area contributed by atoms with Crippen molar-refractivity contribution in [1.82, 2.24) is 9.88 Å². The van der Waals surface area contributed by atoms with E-state index in [4.69, 9.17) is 5.73 Å². The van der Waals surface area contributed by atoms with Crippen LogP contribution in [0.5, 0.6) is 0 Å². The van der Waals surface area contributed by atoms with Crippen LogP contribution in [-0.2, 0) is 6.42 Å². The summed E-state index contributed by atoms with van der Waals surface area (Å²) in [4.78, 5) is 12.8. The number of piperazine rings is 1. The Kier molecular flexibility index (Phi) is 5.24. The summed E-state index contributed by atoms with van der Waals surface area (Å²) in [5.74, 6) is -0.408. The van der Waals surface area contributed by atoms with E-state index in [0.29, 0.717) is 24.5 Å². The highest BCUT2D eigenvalue weighted by Crippen LogP contribution is 2.18. The zero-order valence-electron chi connectivity index (χ0n) is 13.2. The molecule has 0 spiro atoms. The number of hydrogen-bond donors (Lipinski definition) is 1. The van der Waals surface area contributed by atoms with Crippen LogP contribution in [0.4, 0.5) is 13.9 Å². The standard InChI is InChI=1S/C16H19F2N5S/c17-13-1-2-14(18)12(11-13)3-4-20-15(19)22-6-8-23(9-7-22)16-21-5-10-24-16/h1-2,5,10-11H,3-4,6-9H2,(H2,19,20). The number of nitrogens with zero attached hydrogens (tertiary/aromatic N) is 4. The summed E-state index contributed by atoms with van der Waals surface area (Å²) in [7, 11) is 0. The number of thiazole rings is 1. The van der Waals surface area contributed by atoms with Crippen LogP contribution in [0.3, 0.4) is 0 Å². The first kappa shape index (κ1) is 16.6. The maximum Gasteiger partial charge on any atom is 0.191 e. The molecule has 0 radical (unpaired) electrons. The average Bonchev–Trinajstić information content (AvgIpc) is 3.12. The molecule has 1 saturated heterocycles. The lowest BCUT2D eigenvalue weighted by atomic mass is 10.1. The van der Waals surface area contributed by atoms with Gasteiger partial charge in [-0.05, 0) is 30.2 Å². The second-order valence-corrected chi connectivity index (χ2v) is 6.39. The van der Waals surface area contributed by atoms with Crippen LogP contribution >= 0.6 is 11.3 Å². The van der Waals surface area contributed by atoms with Crippen molar-refractivity contribution >= 4 is 22.4 Å². The first-order chi connectivity index (χ1) is 11.6. The van der Waals surface area contributed by atoms with Gasteiger partial charge in [-0.1, -0.05) is 0 Å². The number of hydrogen-bond acceptors (Lipinski definition) is 4. The van der Waals surface area contributed by atoms with Crippen LogP contribution in [0.25, 0.3) is 0 Å². The van der Waals surface area contributed by atoms with Gasteiger partial charge in [0.2, 0.25) is 0 Å². The number of benzene rings is 1. The van der Waals surface area contributed by atoms with Gasteiger partial charge >= 0.3 is 0 Å². The van der Waals surface area contributed by atoms with Gasteiger partial charge in [0.1, 0.15) is 11.6 Å². The Hall–Kier alpha value is -2.22. The zero-order valence-corrected chi connectivity index (χ0v) is 14.0. The molecule has 1 aromatic heterocycles. The molecule has 5 nitrogen and oxygen atoms in total. The summed E-state index contributed by atoms with van der Waals surface area (Å²) >= 11 is 1.62. The molecule has 1 aliphatic rings. The molecule has 1 fully saturated rings. The molecule has 0 unspecified atom stereocenters. The van der Waals surface area contributed by atoms with Gasteiger partial charge in [-0.25, -0.2) is 13.8 Å². The number of rotatable bonds is 4. The highest BCUT2D eigenvalue weighted by atomic mass is 32.1. The lowest BCUT2D eigenvalue weighted by Crippen LogP contribution is -2.51. The number of nitrogens with two attached hydrogens (primary N) is 1. The Morgan fingerprint density at radius 3 is 2.75 bits per heavy atom. The molecular formula is C16H19F2N5S. The molecule has 1 aromatic carbocycles. The Labute approximate surface area is 143 Å². The SMILES string of the molecule is NC(=NCCc1cc(F)ccc1F)N1CCN(c2nccs2)CC1. The minimum atomic E-state index is -0.443. The smallest absolute Gasteiger partial charge is 0.191 e. The molecule has 0 aliphatic carbocycles. The van der Waals surface area contributed by atoms with Crippen molar-refractivity contribution in [1.29, 1.82) is 0 Å². The lowest BCUT2D eigenvalue weighted by molar-refractivity contribution is 0.380. The highest BCUT2D eigenvalue weighted by molar-refractivity contribution is 7.13. The lowest BCUT2D eigenvalue weighted by Gasteiger charge is -2.35. The molecule has 0 amide bonds. The van der Waals surface area contributed by atoms with E-state index in [9.17, 15) is 8.78 Å². The monoisotopic (exact) mass is 351 g/mol. The number of guanidine groups is 1. The molecule has 0 atom stereocenters. The van der Waals surface area contributed by atoms with Crippen molar-refractivity contribution in [2.45, 2.75) is 6.42 Å². The Balaban J connectivity index is 1.50. The topological polar surface area (TPSA) is 57.8 Å². The number of anilines is 1. The predicted octanol–water partition coefficient (Wildman–Crippen LogP) is 2.10. The second kappa shape index (κ2) is 7.57. The molecule has 0 bridgehead atoms. The summed E-state index contributed by atoms with van der Waals surface area (Å²) in [5.41, 5.74) is 6.34. The fourth-order valence-electron chi connectivity index (χ4n) is 2.62. The van der Waals surface area contributed by atoms with E-state index in [2.05, 4.69) is 14.9 Å². The number of aromatic nitrogens is 1. The molecule has 3 rings (SSSR count). The van der Waals surface area contributed by atoms with E-state index in [1.165, 1.54) is 6.07 Å². The van der Waals surface area contributed by atoms with E-state index in [0.717, 1.165) is 43.4 Å². The van der Waals surface area contributed by atoms with Gasteiger partial charge in [-0.15, -0.1) is 11.3 Å². The van der Waals surface area contributed by atoms with Crippen molar-refractivity contribution in [3.05, 3.63) is 47.0 Å². The van der Waals surface area contributed by atoms with Gasteiger partial charge in [0.15, 0.2) is 11.1 Å². The van der Waals surface area contributed by atoms with Gasteiger partial charge in [0.25, 0.3) is 0 Å². The average molecular weight is 351 g/mol. The molecule has 2 N–H and O–H groups in total. The van der Waals surface area contributed by atoms with Gasteiger partial charge in [0, 0.05) is 44.3 Å². The van der Waals surface area contributed by atoms with Gasteiger partial charge < -0.3 is 15.5 Å². The van der Waals surface area contributed by atoms with Crippen molar-refractivity contribution in [2.24, 2.45) is 10.7 Å². The van der Waals surface area contributed by atoms with Crippen molar-refractivity contribution in [3.63, 3.8) is 0 Å². The van der Waals surface area contributed by atoms with Gasteiger partial charge in [-0.2, -0.15) is 0 Å². The first-order valence-electron chi connectivity index (χ1n) is 7.77. The quantitative estimate of drug-likeness (QED) is 0.677. The van der Waals surface area contributed by atoms with Crippen LogP contribution in [0.15, 0.2) is 34.8 Å². The molecular weight excluding hydrogens is 332 g/mol. The molecule has 8 heteroatoms. The Bertz CT molecular complexity index is 696. The molecule has 2 heterocycles. The molecule has 128 valence electrons. The molecule has 1 aliphatic heterocycles. The predicted molar refractivity (Wildman–Crippen MR) is 92.5 cm³/mol. The maximum atomic E-state index is 13.6. The van der Waals surface area contributed by atoms with E-state index in [1.54, 1.807) is 17.5 Å². The molecule has 0 saturated carbocycles. The largest absolute Gasteiger partial charge is 0.370 e. The van der Waals surface area contributed by atoms with Crippen molar-refractivity contribution in [3.8, 4) is 0 Å². The summed E-state index contributed by atoms with van der Waals surface area (Å²) in [5, 5.41) is 2.98. The van der Waals surface area contributed by atoms with E-state index < -0.39 is 11.6 Å². The molecule has 2 aromatic rings. The van der Waals surface area contributed by atoms with Crippen LogP contribution in [0.2, 0.25) is 0 Å². The Morgan fingerprint density at radius 1 is 1.25 bits per heavy atom. The normalized spacial score (nSPS) is 15.8. The minimum absolute atomic E-state index is 0.320. The summed E-state index contributed by atoms with van der Waals surface area (Å²) in [6.45, 7) is 3.54. The zero-order chi connectivity index (χ0) is 16.9. The second-order valence-electron chi connectivity index (χ2n) is 5.51. The minimum Gasteiger partial charge on any atom is -0.370 e. The Morgan fingerprint density at radius 2 is 2.04 bits per heavy atom. The van der Waals surface area contributed by atoms with E-state index >= 15 is 0 Å². The third-order valence-corrected chi connectivity index (χ3v) is 4.79. The molecule has 24 heavy (non-hydrogen) atoms. The number of halogens is 2. The van der Waals surface area contributed by atoms with Crippen LogP contribution in [0, 0.1) is 11.6 Å². The maximum absolute atomic E-state index is 13.6. The van der Waals surface area contributed by atoms with Crippen LogP contribution in [0.1, 0.15) is 5.56 Å². The van der Waals surface area contributed by atoms with Crippen molar-refractivity contribution < 1.29 is 8.78 Å². The third kappa shape index (κ3) is 4.00. The van der Waals surface area contributed by atoms with Crippen LogP contribution in [-0.4, -0.2) is 48.6 Å². The van der Waals surface area contributed by atoms with E-state index in [-0.39, 0.29) is 0 Å². The highest BCUT2D eigenvalue weighted by Gasteiger charge is 2.19. The van der Waals surface area contributed by atoms with Gasteiger partial charge in [-0.3, -0.25) is 4.99 Å². The third-order valence-electron chi connectivity index (χ3n) is 3.96. The summed E-state index contributed by atoms with van der Waals surface area (Å²) in [6, 6.07) is 3.45. The fraction of sp³-hybridized carbons (Fsp3) is 0.375. The summed E-state index contributed by atoms with van der Waals surface area (Å²) < 4.78 is 26.7. The first-order valence-corrected chi connectivity index (χ1v) is 8.64. The van der Waals surface area contributed by atoms with Crippen LogP contribution < -0.4 is 10.6 Å². The number of aliphatic imine (C=N–C) groups is 1. The van der Waals surface area contributed by atoms with Gasteiger partial charge in [0.05, 0.1) is 0 Å². The summed E-state index contributed by atoms with van der Waals surface area (Å²) in [6.07, 6.45) is 2.12. The van der Waals surface area contributed by atoms with Crippen molar-refractivity contribution in [2.75, 3.05) is 37.6 Å².